The SMILES string of the molecule is CC(CNC(C)C)CN(C)CC1CCN(C)CC1. The highest BCUT2D eigenvalue weighted by molar-refractivity contribution is 4.73. The summed E-state index contributed by atoms with van der Waals surface area (Å²) < 4.78 is 0. The minimum atomic E-state index is 0.603. The summed E-state index contributed by atoms with van der Waals surface area (Å²) in [5.41, 5.74) is 0. The lowest BCUT2D eigenvalue weighted by Gasteiger charge is -2.32. The van der Waals surface area contributed by atoms with Crippen LogP contribution in [0.15, 0.2) is 0 Å². The molecule has 1 aliphatic rings. The molecule has 0 aromatic heterocycles. The molecule has 0 radical (unpaired) electrons. The van der Waals surface area contributed by atoms with Crippen LogP contribution in [0.1, 0.15) is 33.6 Å². The van der Waals surface area contributed by atoms with E-state index in [9.17, 15) is 0 Å². The molecule has 18 heavy (non-hydrogen) atoms. The molecular weight excluding hydrogens is 222 g/mol. The summed E-state index contributed by atoms with van der Waals surface area (Å²) >= 11 is 0. The molecule has 1 saturated heterocycles. The molecular formula is C15H33N3. The highest BCUT2D eigenvalue weighted by atomic mass is 15.1. The van der Waals surface area contributed by atoms with Gasteiger partial charge in [0.05, 0.1) is 0 Å². The van der Waals surface area contributed by atoms with Crippen molar-refractivity contribution in [3.8, 4) is 0 Å². The van der Waals surface area contributed by atoms with E-state index < -0.39 is 0 Å². The van der Waals surface area contributed by atoms with Crippen LogP contribution < -0.4 is 5.32 Å². The number of likely N-dealkylation sites (tertiary alicyclic amines) is 1. The minimum absolute atomic E-state index is 0.603. The number of nitrogens with one attached hydrogen (secondary N) is 1. The normalized spacial score (nSPS) is 20.8. The summed E-state index contributed by atoms with van der Waals surface area (Å²) in [7, 11) is 4.52. The second kappa shape index (κ2) is 8.13. The van der Waals surface area contributed by atoms with Crippen molar-refractivity contribution in [3.05, 3.63) is 0 Å². The zero-order chi connectivity index (χ0) is 13.5. The Balaban J connectivity index is 2.14. The quantitative estimate of drug-likeness (QED) is 0.749. The molecule has 0 amide bonds. The van der Waals surface area contributed by atoms with Gasteiger partial charge in [-0.25, -0.2) is 0 Å². The summed E-state index contributed by atoms with van der Waals surface area (Å²) in [6.07, 6.45) is 2.75. The Bertz CT molecular complexity index is 210. The monoisotopic (exact) mass is 255 g/mol. The van der Waals surface area contributed by atoms with Crippen molar-refractivity contribution in [2.45, 2.75) is 39.7 Å². The Kier molecular flexibility index (Phi) is 7.20. The van der Waals surface area contributed by atoms with E-state index in [0.29, 0.717) is 6.04 Å². The third-order valence-corrected chi connectivity index (χ3v) is 3.91. The predicted molar refractivity (Wildman–Crippen MR) is 80.0 cm³/mol. The predicted octanol–water partition coefficient (Wildman–Crippen LogP) is 1.89. The summed E-state index contributed by atoms with van der Waals surface area (Å²) in [5.74, 6) is 1.65. The van der Waals surface area contributed by atoms with Gasteiger partial charge in [-0.2, -0.15) is 0 Å². The highest BCUT2D eigenvalue weighted by Gasteiger charge is 2.18. The molecule has 3 nitrogen and oxygen atoms in total. The van der Waals surface area contributed by atoms with Crippen molar-refractivity contribution in [2.24, 2.45) is 11.8 Å². The summed E-state index contributed by atoms with van der Waals surface area (Å²) in [5, 5.41) is 3.53. The van der Waals surface area contributed by atoms with Gasteiger partial charge in [0, 0.05) is 19.1 Å². The first-order valence-corrected chi connectivity index (χ1v) is 7.57. The van der Waals surface area contributed by atoms with Crippen molar-refractivity contribution in [2.75, 3.05) is 46.8 Å². The van der Waals surface area contributed by atoms with Gasteiger partial charge in [-0.05, 0) is 58.4 Å². The van der Waals surface area contributed by atoms with Crippen LogP contribution in [0, 0.1) is 11.8 Å². The standard InChI is InChI=1S/C15H33N3/c1-13(2)16-10-14(3)11-18(5)12-15-6-8-17(4)9-7-15/h13-16H,6-12H2,1-5H3. The first-order valence-electron chi connectivity index (χ1n) is 7.57. The Labute approximate surface area is 114 Å². The van der Waals surface area contributed by atoms with Gasteiger partial charge in [-0.15, -0.1) is 0 Å². The fraction of sp³-hybridized carbons (Fsp3) is 1.00. The van der Waals surface area contributed by atoms with Gasteiger partial charge >= 0.3 is 0 Å². The van der Waals surface area contributed by atoms with E-state index >= 15 is 0 Å². The number of nitrogens with zero attached hydrogens (tertiary/aromatic N) is 2. The molecule has 1 rings (SSSR count). The molecule has 108 valence electrons. The van der Waals surface area contributed by atoms with Crippen molar-refractivity contribution < 1.29 is 0 Å². The molecule has 1 heterocycles. The molecule has 0 aromatic carbocycles. The summed E-state index contributed by atoms with van der Waals surface area (Å²) in [4.78, 5) is 4.98. The third kappa shape index (κ3) is 6.72. The molecule has 1 N–H and O–H groups in total. The maximum absolute atomic E-state index is 3.53. The molecule has 3 heteroatoms. The zero-order valence-electron chi connectivity index (χ0n) is 13.1. The number of piperidine rings is 1. The zero-order valence-corrected chi connectivity index (χ0v) is 13.1. The molecule has 1 fully saturated rings. The maximum atomic E-state index is 3.53. The lowest BCUT2D eigenvalue weighted by Crippen LogP contribution is -2.38. The van der Waals surface area contributed by atoms with Gasteiger partial charge in [0.15, 0.2) is 0 Å². The lowest BCUT2D eigenvalue weighted by atomic mass is 9.96. The molecule has 1 atom stereocenters. The van der Waals surface area contributed by atoms with E-state index in [4.69, 9.17) is 0 Å². The Morgan fingerprint density at radius 2 is 1.83 bits per heavy atom. The van der Waals surface area contributed by atoms with E-state index in [1.165, 1.54) is 39.0 Å². The highest BCUT2D eigenvalue weighted by Crippen LogP contribution is 2.17. The Morgan fingerprint density at radius 1 is 1.22 bits per heavy atom. The van der Waals surface area contributed by atoms with Gasteiger partial charge < -0.3 is 15.1 Å². The van der Waals surface area contributed by atoms with Gasteiger partial charge in [-0.1, -0.05) is 20.8 Å². The van der Waals surface area contributed by atoms with E-state index in [0.717, 1.165) is 18.4 Å². The second-order valence-corrected chi connectivity index (χ2v) is 6.64. The minimum Gasteiger partial charge on any atom is -0.314 e. The fourth-order valence-electron chi connectivity index (χ4n) is 2.79. The van der Waals surface area contributed by atoms with Crippen LogP contribution in [-0.4, -0.2) is 62.7 Å². The molecule has 1 aliphatic heterocycles. The Hall–Kier alpha value is -0.120. The maximum Gasteiger partial charge on any atom is 0.00162 e. The van der Waals surface area contributed by atoms with Gasteiger partial charge in [0.1, 0.15) is 0 Å². The van der Waals surface area contributed by atoms with Crippen molar-refractivity contribution in [3.63, 3.8) is 0 Å². The largest absolute Gasteiger partial charge is 0.314 e. The van der Waals surface area contributed by atoms with E-state index in [2.05, 4.69) is 50.0 Å². The lowest BCUT2D eigenvalue weighted by molar-refractivity contribution is 0.166. The Morgan fingerprint density at radius 3 is 2.39 bits per heavy atom. The van der Waals surface area contributed by atoms with Gasteiger partial charge in [-0.3, -0.25) is 0 Å². The van der Waals surface area contributed by atoms with Crippen LogP contribution in [0.2, 0.25) is 0 Å². The van der Waals surface area contributed by atoms with E-state index in [1.54, 1.807) is 0 Å². The second-order valence-electron chi connectivity index (χ2n) is 6.64. The molecule has 1 unspecified atom stereocenters. The summed E-state index contributed by atoms with van der Waals surface area (Å²) in [6, 6.07) is 0.603. The van der Waals surface area contributed by atoms with Crippen LogP contribution >= 0.6 is 0 Å². The van der Waals surface area contributed by atoms with E-state index in [1.807, 2.05) is 0 Å². The van der Waals surface area contributed by atoms with E-state index in [-0.39, 0.29) is 0 Å². The fourth-order valence-corrected chi connectivity index (χ4v) is 2.79. The van der Waals surface area contributed by atoms with Gasteiger partial charge in [0.2, 0.25) is 0 Å². The molecule has 0 saturated carbocycles. The first kappa shape index (κ1) is 15.9. The third-order valence-electron chi connectivity index (χ3n) is 3.91. The summed E-state index contributed by atoms with van der Waals surface area (Å²) in [6.45, 7) is 13.0. The number of rotatable bonds is 7. The van der Waals surface area contributed by atoms with Crippen LogP contribution in [-0.2, 0) is 0 Å². The van der Waals surface area contributed by atoms with Crippen LogP contribution in [0.4, 0.5) is 0 Å². The van der Waals surface area contributed by atoms with Gasteiger partial charge in [0.25, 0.3) is 0 Å². The van der Waals surface area contributed by atoms with Crippen molar-refractivity contribution in [1.29, 1.82) is 0 Å². The van der Waals surface area contributed by atoms with Crippen LogP contribution in [0.25, 0.3) is 0 Å². The van der Waals surface area contributed by atoms with Crippen LogP contribution in [0.5, 0.6) is 0 Å². The first-order chi connectivity index (χ1) is 8.47. The molecule has 0 aromatic rings. The number of hydrogen-bond acceptors (Lipinski definition) is 3. The number of hydrogen-bond donors (Lipinski definition) is 1. The van der Waals surface area contributed by atoms with Crippen molar-refractivity contribution >= 4 is 0 Å². The van der Waals surface area contributed by atoms with Crippen LogP contribution in [0.3, 0.4) is 0 Å². The molecule has 0 aliphatic carbocycles. The smallest absolute Gasteiger partial charge is 0.00162 e. The topological polar surface area (TPSA) is 18.5 Å². The van der Waals surface area contributed by atoms with Crippen molar-refractivity contribution in [1.82, 2.24) is 15.1 Å². The average Bonchev–Trinajstić information content (AvgIpc) is 2.29. The molecule has 0 spiro atoms. The molecule has 0 bridgehead atoms. The average molecular weight is 255 g/mol.